The van der Waals surface area contributed by atoms with E-state index in [1.165, 1.54) is 18.2 Å². The second-order valence-electron chi connectivity index (χ2n) is 4.76. The van der Waals surface area contributed by atoms with Gasteiger partial charge in [-0.15, -0.1) is 0 Å². The van der Waals surface area contributed by atoms with Crippen LogP contribution < -0.4 is 0 Å². The number of halogens is 2. The predicted molar refractivity (Wildman–Crippen MR) is 76.0 cm³/mol. The molecule has 0 fully saturated rings. The molecule has 1 nitrogen and oxygen atoms in total. The summed E-state index contributed by atoms with van der Waals surface area (Å²) in [6, 6.07) is 10.1. The first-order valence-corrected chi connectivity index (χ1v) is 6.55. The van der Waals surface area contributed by atoms with Gasteiger partial charge in [-0.3, -0.25) is 0 Å². The summed E-state index contributed by atoms with van der Waals surface area (Å²) in [6.45, 7) is 3.91. The van der Waals surface area contributed by atoms with Crippen LogP contribution in [0.25, 0.3) is 0 Å². The first-order chi connectivity index (χ1) is 8.99. The van der Waals surface area contributed by atoms with Crippen molar-refractivity contribution in [2.24, 2.45) is 0 Å². The fourth-order valence-electron chi connectivity index (χ4n) is 2.36. The fourth-order valence-corrected chi connectivity index (χ4v) is 2.56. The number of aliphatic hydroxyl groups is 1. The highest BCUT2D eigenvalue weighted by atomic mass is 35.5. The highest BCUT2D eigenvalue weighted by Gasteiger charge is 2.15. The predicted octanol–water partition coefficient (Wildman–Crippen LogP) is 4.37. The topological polar surface area (TPSA) is 20.2 Å². The van der Waals surface area contributed by atoms with Crippen LogP contribution in [0.5, 0.6) is 0 Å². The second kappa shape index (κ2) is 5.72. The Hall–Kier alpha value is -1.38. The van der Waals surface area contributed by atoms with Crippen molar-refractivity contribution in [3.63, 3.8) is 0 Å². The average molecular weight is 279 g/mol. The van der Waals surface area contributed by atoms with Gasteiger partial charge >= 0.3 is 0 Å². The van der Waals surface area contributed by atoms with E-state index < -0.39 is 6.10 Å². The minimum Gasteiger partial charge on any atom is -0.388 e. The summed E-state index contributed by atoms with van der Waals surface area (Å²) in [7, 11) is 0. The third kappa shape index (κ3) is 3.14. The van der Waals surface area contributed by atoms with Gasteiger partial charge in [0.05, 0.1) is 6.10 Å². The first kappa shape index (κ1) is 14.0. The average Bonchev–Trinajstić information content (AvgIpc) is 2.33. The number of aliphatic hydroxyl groups excluding tert-OH is 1. The number of benzene rings is 2. The van der Waals surface area contributed by atoms with E-state index in [2.05, 4.69) is 0 Å². The minimum absolute atomic E-state index is 0.308. The number of aryl methyl sites for hydroxylation is 2. The van der Waals surface area contributed by atoms with Gasteiger partial charge in [0.15, 0.2) is 0 Å². The lowest BCUT2D eigenvalue weighted by atomic mass is 9.94. The molecule has 0 spiro atoms. The molecule has 0 bridgehead atoms. The Bertz CT molecular complexity index is 575. The monoisotopic (exact) mass is 278 g/mol. The van der Waals surface area contributed by atoms with Gasteiger partial charge in [-0.25, -0.2) is 4.39 Å². The summed E-state index contributed by atoms with van der Waals surface area (Å²) < 4.78 is 13.2. The summed E-state index contributed by atoms with van der Waals surface area (Å²) in [5.74, 6) is -0.340. The van der Waals surface area contributed by atoms with E-state index in [4.69, 9.17) is 11.6 Å². The van der Waals surface area contributed by atoms with Gasteiger partial charge in [-0.2, -0.15) is 0 Å². The van der Waals surface area contributed by atoms with Crippen molar-refractivity contribution in [2.75, 3.05) is 0 Å². The second-order valence-corrected chi connectivity index (χ2v) is 5.17. The Morgan fingerprint density at radius 2 is 1.79 bits per heavy atom. The van der Waals surface area contributed by atoms with E-state index in [0.29, 0.717) is 17.0 Å². The summed E-state index contributed by atoms with van der Waals surface area (Å²) in [5, 5.41) is 10.8. The lowest BCUT2D eigenvalue weighted by molar-refractivity contribution is 0.177. The van der Waals surface area contributed by atoms with Crippen molar-refractivity contribution < 1.29 is 9.50 Å². The van der Waals surface area contributed by atoms with Crippen molar-refractivity contribution >= 4 is 11.6 Å². The van der Waals surface area contributed by atoms with E-state index in [9.17, 15) is 9.50 Å². The van der Waals surface area contributed by atoms with Crippen molar-refractivity contribution in [3.05, 3.63) is 69.5 Å². The van der Waals surface area contributed by atoms with Crippen LogP contribution in [0.2, 0.25) is 5.02 Å². The third-order valence-electron chi connectivity index (χ3n) is 3.30. The molecular weight excluding hydrogens is 263 g/mol. The van der Waals surface area contributed by atoms with E-state index in [-0.39, 0.29) is 5.82 Å². The molecule has 3 heteroatoms. The van der Waals surface area contributed by atoms with E-state index in [1.807, 2.05) is 32.0 Å². The smallest absolute Gasteiger partial charge is 0.123 e. The van der Waals surface area contributed by atoms with E-state index in [1.54, 1.807) is 0 Å². The molecule has 0 saturated heterocycles. The van der Waals surface area contributed by atoms with Crippen molar-refractivity contribution in [1.29, 1.82) is 0 Å². The van der Waals surface area contributed by atoms with Gasteiger partial charge in [-0.1, -0.05) is 29.8 Å². The van der Waals surface area contributed by atoms with Crippen molar-refractivity contribution in [3.8, 4) is 0 Å². The molecule has 0 amide bonds. The third-order valence-corrected chi connectivity index (χ3v) is 3.67. The van der Waals surface area contributed by atoms with E-state index in [0.717, 1.165) is 16.7 Å². The molecule has 0 aromatic heterocycles. The SMILES string of the molecule is Cc1cccc(C)c1C(O)Cc1cc(F)ccc1Cl. The summed E-state index contributed by atoms with van der Waals surface area (Å²) >= 11 is 6.03. The van der Waals surface area contributed by atoms with Crippen LogP contribution in [0.1, 0.15) is 28.4 Å². The molecule has 1 atom stereocenters. The maximum absolute atomic E-state index is 13.2. The molecule has 100 valence electrons. The summed E-state index contributed by atoms with van der Waals surface area (Å²) in [6.07, 6.45) is -0.372. The maximum Gasteiger partial charge on any atom is 0.123 e. The van der Waals surface area contributed by atoms with Crippen molar-refractivity contribution in [2.45, 2.75) is 26.4 Å². The number of hydrogen-bond donors (Lipinski definition) is 1. The Kier molecular flexibility index (Phi) is 4.23. The largest absolute Gasteiger partial charge is 0.388 e. The van der Waals surface area contributed by atoms with E-state index >= 15 is 0 Å². The molecule has 19 heavy (non-hydrogen) atoms. The summed E-state index contributed by atoms with van der Waals surface area (Å²) in [5.41, 5.74) is 3.57. The van der Waals surface area contributed by atoms with Crippen LogP contribution in [-0.4, -0.2) is 5.11 Å². The van der Waals surface area contributed by atoms with Crippen LogP contribution >= 0.6 is 11.6 Å². The molecule has 0 saturated carbocycles. The van der Waals surface area contributed by atoms with Gasteiger partial charge < -0.3 is 5.11 Å². The zero-order valence-electron chi connectivity index (χ0n) is 11.0. The zero-order valence-corrected chi connectivity index (χ0v) is 11.7. The van der Waals surface area contributed by atoms with Crippen molar-refractivity contribution in [1.82, 2.24) is 0 Å². The minimum atomic E-state index is -0.680. The van der Waals surface area contributed by atoms with Crippen LogP contribution in [0.4, 0.5) is 4.39 Å². The van der Waals surface area contributed by atoms with Crippen LogP contribution in [-0.2, 0) is 6.42 Å². The van der Waals surface area contributed by atoms with Gasteiger partial charge in [0.25, 0.3) is 0 Å². The van der Waals surface area contributed by atoms with Gasteiger partial charge in [0, 0.05) is 11.4 Å². The fraction of sp³-hybridized carbons (Fsp3) is 0.250. The van der Waals surface area contributed by atoms with Crippen LogP contribution in [0, 0.1) is 19.7 Å². The molecular formula is C16H16ClFO. The molecule has 0 radical (unpaired) electrons. The summed E-state index contributed by atoms with van der Waals surface area (Å²) in [4.78, 5) is 0. The quantitative estimate of drug-likeness (QED) is 0.884. The zero-order chi connectivity index (χ0) is 14.0. The van der Waals surface area contributed by atoms with Gasteiger partial charge in [0.2, 0.25) is 0 Å². The molecule has 2 rings (SSSR count). The standard InChI is InChI=1S/C16H16ClFO/c1-10-4-3-5-11(2)16(10)15(19)9-12-8-13(18)6-7-14(12)17/h3-8,15,19H,9H2,1-2H3. The molecule has 0 aliphatic rings. The molecule has 1 unspecified atom stereocenters. The molecule has 0 heterocycles. The van der Waals surface area contributed by atoms with Crippen LogP contribution in [0.3, 0.4) is 0 Å². The molecule has 0 aliphatic heterocycles. The van der Waals surface area contributed by atoms with Gasteiger partial charge in [-0.05, 0) is 54.3 Å². The molecule has 0 aliphatic carbocycles. The maximum atomic E-state index is 13.2. The number of hydrogen-bond acceptors (Lipinski definition) is 1. The molecule has 2 aromatic rings. The van der Waals surface area contributed by atoms with Gasteiger partial charge in [0.1, 0.15) is 5.82 Å². The normalized spacial score (nSPS) is 12.5. The Morgan fingerprint density at radius 1 is 1.16 bits per heavy atom. The first-order valence-electron chi connectivity index (χ1n) is 6.17. The highest BCUT2D eigenvalue weighted by molar-refractivity contribution is 6.31. The number of rotatable bonds is 3. The molecule has 1 N–H and O–H groups in total. The Labute approximate surface area is 117 Å². The molecule has 2 aromatic carbocycles. The lowest BCUT2D eigenvalue weighted by Crippen LogP contribution is -2.06. The van der Waals surface area contributed by atoms with Crippen LogP contribution in [0.15, 0.2) is 36.4 Å². The lowest BCUT2D eigenvalue weighted by Gasteiger charge is -2.17. The Morgan fingerprint density at radius 3 is 2.42 bits per heavy atom. The Balaban J connectivity index is 2.31. The highest BCUT2D eigenvalue weighted by Crippen LogP contribution is 2.28.